The third kappa shape index (κ3) is 3.88. The lowest BCUT2D eigenvalue weighted by molar-refractivity contribution is -0.203. The van der Waals surface area contributed by atoms with E-state index in [0.29, 0.717) is 25.2 Å². The van der Waals surface area contributed by atoms with Crippen molar-refractivity contribution < 1.29 is 27.0 Å². The topological polar surface area (TPSA) is 77.8 Å². The fourth-order valence-corrected chi connectivity index (χ4v) is 8.81. The molecule has 4 rings (SSSR count). The van der Waals surface area contributed by atoms with Crippen LogP contribution in [0.1, 0.15) is 106 Å². The molecule has 3 N–H and O–H groups in total. The molecule has 4 aliphatic carbocycles. The summed E-state index contributed by atoms with van der Waals surface area (Å²) in [5.41, 5.74) is -0.464. The van der Waals surface area contributed by atoms with Gasteiger partial charge in [0.15, 0.2) is 0 Å². The number of carboxylic acids is 1. The lowest BCUT2D eigenvalue weighted by Crippen LogP contribution is -2.62. The summed E-state index contributed by atoms with van der Waals surface area (Å²) in [5, 5.41) is 31.7. The zero-order valence-corrected chi connectivity index (χ0v) is 18.8. The van der Waals surface area contributed by atoms with Crippen LogP contribution in [0.25, 0.3) is 0 Å². The standard InChI is InChI=1S/C26H44O4.CH4/c1-5-17-21-14-16(27)10-12-26(21,4)20-11-13-25(3)18(15(2)6-9-22(28)29)7-8-19(25)23(20)24(17)30;/h15-21,23-24,27,30H,5-14H2,1-4H3,(H,28,29);1H4/t15-,16-,17-,18-,19?,20?,21+,23?,24-,25-,26-;/m1./s1/i1D3,5D,24D;/t5?,15-,16-,17-,18-,19?,20?,21+,23?,24-,25-,26-;. The first-order valence-corrected chi connectivity index (χ1v) is 12.1. The van der Waals surface area contributed by atoms with E-state index in [1.807, 2.05) is 0 Å². The molecule has 0 aromatic rings. The Morgan fingerprint density at radius 2 is 1.81 bits per heavy atom. The number of carbonyl (C=O) groups is 1. The monoisotopic (exact) mass is 441 g/mol. The molecule has 4 aliphatic rings. The lowest BCUT2D eigenvalue weighted by Gasteiger charge is -2.64. The molecule has 180 valence electrons. The molecule has 0 saturated heterocycles. The van der Waals surface area contributed by atoms with Crippen LogP contribution in [-0.2, 0) is 4.79 Å². The number of hydrogen-bond donors (Lipinski definition) is 3. The molecule has 0 radical (unpaired) electrons. The molecule has 12 atom stereocenters. The van der Waals surface area contributed by atoms with E-state index in [4.69, 9.17) is 5.48 Å². The van der Waals surface area contributed by atoms with Crippen LogP contribution < -0.4 is 0 Å². The predicted molar refractivity (Wildman–Crippen MR) is 125 cm³/mol. The third-order valence-corrected chi connectivity index (χ3v) is 10.4. The van der Waals surface area contributed by atoms with Crippen LogP contribution in [0.15, 0.2) is 0 Å². The van der Waals surface area contributed by atoms with Crippen LogP contribution in [0.2, 0.25) is 0 Å². The second-order valence-corrected chi connectivity index (χ2v) is 11.5. The second kappa shape index (κ2) is 8.97. The van der Waals surface area contributed by atoms with Crippen molar-refractivity contribution in [1.29, 1.82) is 0 Å². The Kier molecular flexibility index (Phi) is 5.43. The van der Waals surface area contributed by atoms with Crippen LogP contribution in [-0.4, -0.2) is 33.5 Å². The van der Waals surface area contributed by atoms with Crippen molar-refractivity contribution >= 4 is 5.97 Å². The summed E-state index contributed by atoms with van der Waals surface area (Å²) in [7, 11) is 0. The summed E-state index contributed by atoms with van der Waals surface area (Å²) >= 11 is 0. The van der Waals surface area contributed by atoms with E-state index in [2.05, 4.69) is 20.8 Å². The first-order valence-electron chi connectivity index (χ1n) is 14.7. The maximum Gasteiger partial charge on any atom is 0.303 e. The van der Waals surface area contributed by atoms with Crippen LogP contribution in [0.5, 0.6) is 0 Å². The highest BCUT2D eigenvalue weighted by molar-refractivity contribution is 5.66. The van der Waals surface area contributed by atoms with Gasteiger partial charge in [-0.15, -0.1) is 0 Å². The fourth-order valence-electron chi connectivity index (χ4n) is 8.81. The van der Waals surface area contributed by atoms with Crippen molar-refractivity contribution in [3.63, 3.8) is 0 Å². The summed E-state index contributed by atoms with van der Waals surface area (Å²) in [6, 6.07) is 0. The molecule has 0 bridgehead atoms. The summed E-state index contributed by atoms with van der Waals surface area (Å²) < 4.78 is 42.1. The van der Waals surface area contributed by atoms with Gasteiger partial charge in [0, 0.05) is 11.9 Å². The predicted octanol–water partition coefficient (Wildman–Crippen LogP) is 5.75. The van der Waals surface area contributed by atoms with E-state index in [1.54, 1.807) is 0 Å². The SMILES string of the molecule is C.[2H]C([C@@H]1[C@@H]2C[C@H](O)CC[C@]2(C)C2CC[C@@]3(C)C(CC[C@@H]3[C@H](C)CCC(=O)O)C2[C@]1([2H])O)C([2H])([2H])[2H]. The highest BCUT2D eigenvalue weighted by Gasteiger charge is 2.64. The molecular weight excluding hydrogens is 388 g/mol. The smallest absolute Gasteiger partial charge is 0.303 e. The van der Waals surface area contributed by atoms with Crippen LogP contribution in [0.4, 0.5) is 0 Å². The molecule has 0 aromatic heterocycles. The minimum Gasteiger partial charge on any atom is -0.481 e. The Labute approximate surface area is 197 Å². The van der Waals surface area contributed by atoms with Gasteiger partial charge in [-0.05, 0) is 104 Å². The quantitative estimate of drug-likeness (QED) is 0.507. The Hall–Kier alpha value is -0.610. The molecule has 0 spiro atoms. The van der Waals surface area contributed by atoms with Crippen molar-refractivity contribution in [2.45, 2.75) is 111 Å². The molecule has 0 aliphatic heterocycles. The maximum absolute atomic E-state index is 12.0. The van der Waals surface area contributed by atoms with Crippen LogP contribution in [0.3, 0.4) is 0 Å². The van der Waals surface area contributed by atoms with Gasteiger partial charge in [0.2, 0.25) is 0 Å². The Bertz CT molecular complexity index is 818. The Morgan fingerprint density at radius 3 is 2.48 bits per heavy atom. The van der Waals surface area contributed by atoms with Crippen LogP contribution >= 0.6 is 0 Å². The van der Waals surface area contributed by atoms with Crippen molar-refractivity contribution in [2.75, 3.05) is 0 Å². The number of aliphatic carboxylic acids is 1. The Morgan fingerprint density at radius 1 is 1.13 bits per heavy atom. The summed E-state index contributed by atoms with van der Waals surface area (Å²) in [6.45, 7) is 3.92. The minimum absolute atomic E-state index is 0. The molecule has 4 unspecified atom stereocenters. The van der Waals surface area contributed by atoms with Crippen molar-refractivity contribution in [1.82, 2.24) is 0 Å². The molecule has 4 nitrogen and oxygen atoms in total. The molecule has 0 amide bonds. The summed E-state index contributed by atoms with van der Waals surface area (Å²) in [4.78, 5) is 11.2. The van der Waals surface area contributed by atoms with E-state index in [9.17, 15) is 21.5 Å². The van der Waals surface area contributed by atoms with E-state index in [1.165, 1.54) is 0 Å². The summed E-state index contributed by atoms with van der Waals surface area (Å²) in [5.74, 6) is -2.04. The molecule has 0 aromatic carbocycles. The number of aliphatic hydroxyl groups excluding tert-OH is 1. The van der Waals surface area contributed by atoms with Gasteiger partial charge in [-0.25, -0.2) is 0 Å². The molecule has 4 fully saturated rings. The number of aliphatic hydroxyl groups is 2. The molecule has 4 saturated carbocycles. The van der Waals surface area contributed by atoms with Crippen molar-refractivity contribution in [2.24, 2.45) is 52.3 Å². The highest BCUT2D eigenvalue weighted by Crippen LogP contribution is 2.69. The van der Waals surface area contributed by atoms with Gasteiger partial charge < -0.3 is 15.3 Å². The Balaban J connectivity index is 0.00000361. The largest absolute Gasteiger partial charge is 0.481 e. The third-order valence-electron chi connectivity index (χ3n) is 10.4. The highest BCUT2D eigenvalue weighted by atomic mass is 16.4. The molecule has 31 heavy (non-hydrogen) atoms. The summed E-state index contributed by atoms with van der Waals surface area (Å²) in [6.07, 6.45) is 1.77. The zero-order valence-electron chi connectivity index (χ0n) is 23.8. The second-order valence-electron chi connectivity index (χ2n) is 11.5. The normalized spacial score (nSPS) is 56.0. The molecule has 4 heteroatoms. The number of hydrogen-bond acceptors (Lipinski definition) is 3. The first-order chi connectivity index (χ1) is 16.0. The van der Waals surface area contributed by atoms with Crippen molar-refractivity contribution in [3.8, 4) is 0 Å². The van der Waals surface area contributed by atoms with Gasteiger partial charge in [-0.3, -0.25) is 4.79 Å². The molecule has 0 heterocycles. The van der Waals surface area contributed by atoms with Gasteiger partial charge in [-0.1, -0.05) is 41.4 Å². The van der Waals surface area contributed by atoms with Gasteiger partial charge in [-0.2, -0.15) is 0 Å². The number of carboxylic acid groups (broad SMARTS) is 1. The van der Waals surface area contributed by atoms with E-state index in [0.717, 1.165) is 32.1 Å². The maximum atomic E-state index is 12.0. The van der Waals surface area contributed by atoms with E-state index < -0.39 is 43.2 Å². The number of rotatable bonds is 5. The van der Waals surface area contributed by atoms with Crippen molar-refractivity contribution in [3.05, 3.63) is 0 Å². The average Bonchev–Trinajstić information content (AvgIpc) is 3.09. The lowest BCUT2D eigenvalue weighted by atomic mass is 9.41. The minimum atomic E-state index is -2.61. The van der Waals surface area contributed by atoms with E-state index in [-0.39, 0.29) is 48.3 Å². The van der Waals surface area contributed by atoms with Gasteiger partial charge in [0.1, 0.15) is 0 Å². The van der Waals surface area contributed by atoms with Gasteiger partial charge in [0.25, 0.3) is 0 Å². The van der Waals surface area contributed by atoms with Gasteiger partial charge >= 0.3 is 5.97 Å². The van der Waals surface area contributed by atoms with Crippen LogP contribution in [0, 0.1) is 52.3 Å². The zero-order chi connectivity index (χ0) is 26.1. The number of fused-ring (bicyclic) bond motifs is 5. The average molecular weight is 442 g/mol. The van der Waals surface area contributed by atoms with E-state index >= 15 is 0 Å². The van der Waals surface area contributed by atoms with Gasteiger partial charge in [0.05, 0.1) is 13.6 Å². The molecular formula is C27H48O4. The first kappa shape index (κ1) is 18.8. The fraction of sp³-hybridized carbons (Fsp3) is 0.963.